The summed E-state index contributed by atoms with van der Waals surface area (Å²) >= 11 is 0. The van der Waals surface area contributed by atoms with Crippen LogP contribution in [0.15, 0.2) is 18.5 Å². The van der Waals surface area contributed by atoms with Gasteiger partial charge in [-0.3, -0.25) is 4.68 Å². The summed E-state index contributed by atoms with van der Waals surface area (Å²) in [4.78, 5) is 22.2. The van der Waals surface area contributed by atoms with Gasteiger partial charge in [0, 0.05) is 32.6 Å². The highest BCUT2D eigenvalue weighted by Crippen LogP contribution is 1.89. The normalized spacial score (nSPS) is 11.8. The van der Waals surface area contributed by atoms with E-state index < -0.39 is 18.0 Å². The number of nitrogens with zero attached hydrogens (tertiary/aromatic N) is 2. The summed E-state index contributed by atoms with van der Waals surface area (Å²) in [7, 11) is 1.37. The molecule has 0 spiro atoms. The van der Waals surface area contributed by atoms with Gasteiger partial charge >= 0.3 is 12.0 Å². The second-order valence-electron chi connectivity index (χ2n) is 3.87. The third-order valence-electron chi connectivity index (χ3n) is 2.35. The van der Waals surface area contributed by atoms with Gasteiger partial charge in [-0.25, -0.2) is 9.59 Å². The lowest BCUT2D eigenvalue weighted by Gasteiger charge is -2.14. The Morgan fingerprint density at radius 3 is 2.89 bits per heavy atom. The first kappa shape index (κ1) is 15.0. The Morgan fingerprint density at radius 1 is 1.53 bits per heavy atom. The van der Waals surface area contributed by atoms with E-state index in [1.807, 2.05) is 12.3 Å². The number of hydrogen-bond donors (Lipinski definition) is 3. The molecule has 0 aliphatic carbocycles. The summed E-state index contributed by atoms with van der Waals surface area (Å²) in [6, 6.07) is 0.253. The van der Waals surface area contributed by atoms with Crippen molar-refractivity contribution < 1.29 is 19.4 Å². The molecule has 0 radical (unpaired) electrons. The molecule has 0 bridgehead atoms. The minimum atomic E-state index is -1.13. The summed E-state index contributed by atoms with van der Waals surface area (Å²) in [5.41, 5.74) is 0. The molecule has 0 aliphatic heterocycles. The molecule has 0 aromatic carbocycles. The second kappa shape index (κ2) is 8.09. The van der Waals surface area contributed by atoms with Crippen LogP contribution >= 0.6 is 0 Å². The number of aromatic nitrogens is 2. The van der Waals surface area contributed by atoms with Gasteiger partial charge in [0.2, 0.25) is 0 Å². The van der Waals surface area contributed by atoms with Crippen LogP contribution in [0.4, 0.5) is 4.79 Å². The van der Waals surface area contributed by atoms with Crippen molar-refractivity contribution >= 4 is 12.0 Å². The number of aryl methyl sites for hydroxylation is 1. The third-order valence-corrected chi connectivity index (χ3v) is 2.35. The van der Waals surface area contributed by atoms with Gasteiger partial charge in [-0.2, -0.15) is 5.10 Å². The van der Waals surface area contributed by atoms with E-state index >= 15 is 0 Å². The minimum absolute atomic E-state index is 0.0734. The number of nitrogens with one attached hydrogen (secondary N) is 2. The molecule has 1 atom stereocenters. The largest absolute Gasteiger partial charge is 0.480 e. The number of urea groups is 1. The maximum atomic E-state index is 11.4. The van der Waals surface area contributed by atoms with Crippen LogP contribution in [0.25, 0.3) is 0 Å². The molecule has 1 aromatic heterocycles. The van der Waals surface area contributed by atoms with Crippen molar-refractivity contribution in [3.05, 3.63) is 18.5 Å². The number of ether oxygens (including phenoxy) is 1. The highest BCUT2D eigenvalue weighted by Gasteiger charge is 2.19. The quantitative estimate of drug-likeness (QED) is 0.561. The van der Waals surface area contributed by atoms with Crippen molar-refractivity contribution in [1.82, 2.24) is 20.4 Å². The molecule has 2 amide bonds. The first-order valence-corrected chi connectivity index (χ1v) is 5.87. The van der Waals surface area contributed by atoms with Gasteiger partial charge < -0.3 is 20.5 Å². The van der Waals surface area contributed by atoms with Gasteiger partial charge in [-0.05, 0) is 12.5 Å². The molecule has 1 aromatic rings. The Morgan fingerprint density at radius 2 is 2.32 bits per heavy atom. The predicted molar refractivity (Wildman–Crippen MR) is 66.7 cm³/mol. The number of carbonyl (C=O) groups is 2. The highest BCUT2D eigenvalue weighted by molar-refractivity contribution is 5.82. The van der Waals surface area contributed by atoms with E-state index in [2.05, 4.69) is 15.7 Å². The molecular weight excluding hydrogens is 252 g/mol. The summed E-state index contributed by atoms with van der Waals surface area (Å²) in [5, 5.41) is 17.7. The van der Waals surface area contributed by atoms with E-state index in [4.69, 9.17) is 9.84 Å². The van der Waals surface area contributed by atoms with E-state index in [0.29, 0.717) is 19.5 Å². The zero-order chi connectivity index (χ0) is 14.1. The van der Waals surface area contributed by atoms with Gasteiger partial charge in [0.15, 0.2) is 6.04 Å². The number of carboxylic acid groups (broad SMARTS) is 1. The Balaban J connectivity index is 2.17. The zero-order valence-electron chi connectivity index (χ0n) is 10.7. The van der Waals surface area contributed by atoms with Gasteiger partial charge in [-0.1, -0.05) is 0 Å². The molecule has 0 fully saturated rings. The first-order chi connectivity index (χ1) is 9.13. The molecule has 0 aliphatic rings. The van der Waals surface area contributed by atoms with Crippen molar-refractivity contribution in [2.75, 3.05) is 20.3 Å². The average molecular weight is 270 g/mol. The summed E-state index contributed by atoms with van der Waals surface area (Å²) in [5.74, 6) is -1.13. The molecule has 1 rings (SSSR count). The van der Waals surface area contributed by atoms with Crippen LogP contribution in [0.2, 0.25) is 0 Å². The molecule has 8 nitrogen and oxygen atoms in total. The maximum absolute atomic E-state index is 11.4. The fraction of sp³-hybridized carbons (Fsp3) is 0.545. The van der Waals surface area contributed by atoms with Crippen LogP contribution in [0.1, 0.15) is 6.42 Å². The van der Waals surface area contributed by atoms with E-state index in [0.717, 1.165) is 0 Å². The third kappa shape index (κ3) is 5.87. The number of aliphatic carboxylic acids is 1. The number of rotatable bonds is 8. The number of methoxy groups -OCH3 is 1. The fourth-order valence-corrected chi connectivity index (χ4v) is 1.43. The molecule has 8 heteroatoms. The van der Waals surface area contributed by atoms with Crippen LogP contribution < -0.4 is 10.6 Å². The lowest BCUT2D eigenvalue weighted by molar-refractivity contribution is -0.140. The minimum Gasteiger partial charge on any atom is -0.480 e. The van der Waals surface area contributed by atoms with Gasteiger partial charge in [-0.15, -0.1) is 0 Å². The number of carboxylic acids is 1. The summed E-state index contributed by atoms with van der Waals surface area (Å²) < 4.78 is 6.46. The number of hydrogen-bond acceptors (Lipinski definition) is 4. The molecule has 3 N–H and O–H groups in total. The van der Waals surface area contributed by atoms with Gasteiger partial charge in [0.25, 0.3) is 0 Å². The van der Waals surface area contributed by atoms with Crippen LogP contribution in [0.5, 0.6) is 0 Å². The molecule has 19 heavy (non-hydrogen) atoms. The van der Waals surface area contributed by atoms with Crippen LogP contribution in [0, 0.1) is 0 Å². The van der Waals surface area contributed by atoms with Crippen molar-refractivity contribution in [3.8, 4) is 0 Å². The van der Waals surface area contributed by atoms with E-state index in [9.17, 15) is 9.59 Å². The Kier molecular flexibility index (Phi) is 6.37. The predicted octanol–water partition coefficient (Wildman–Crippen LogP) is -0.328. The lowest BCUT2D eigenvalue weighted by Crippen LogP contribution is -2.48. The Bertz CT molecular complexity index is 393. The Labute approximate surface area is 110 Å². The average Bonchev–Trinajstić information content (AvgIpc) is 2.87. The smallest absolute Gasteiger partial charge is 0.328 e. The van der Waals surface area contributed by atoms with Crippen LogP contribution in [-0.4, -0.2) is 53.2 Å². The zero-order valence-corrected chi connectivity index (χ0v) is 10.7. The van der Waals surface area contributed by atoms with E-state index in [1.54, 1.807) is 10.9 Å². The lowest BCUT2D eigenvalue weighted by atomic mass is 10.3. The molecule has 0 saturated carbocycles. The van der Waals surface area contributed by atoms with E-state index in [-0.39, 0.29) is 6.61 Å². The molecule has 1 unspecified atom stereocenters. The Hall–Kier alpha value is -2.09. The van der Waals surface area contributed by atoms with Crippen molar-refractivity contribution in [2.24, 2.45) is 0 Å². The highest BCUT2D eigenvalue weighted by atomic mass is 16.5. The fourth-order valence-electron chi connectivity index (χ4n) is 1.43. The van der Waals surface area contributed by atoms with Gasteiger partial charge in [0.05, 0.1) is 6.61 Å². The SMILES string of the molecule is COCC(NC(=O)NCCCn1cccn1)C(=O)O. The molecule has 0 saturated heterocycles. The summed E-state index contributed by atoms with van der Waals surface area (Å²) in [6.45, 7) is 1.05. The van der Waals surface area contributed by atoms with Crippen LogP contribution in [-0.2, 0) is 16.1 Å². The molecule has 1 heterocycles. The standard InChI is InChI=1S/C11H18N4O4/c1-19-8-9(10(16)17)14-11(18)12-4-2-6-15-7-3-5-13-15/h3,5,7,9H,2,4,6,8H2,1H3,(H,16,17)(H2,12,14,18). The monoisotopic (exact) mass is 270 g/mol. The maximum Gasteiger partial charge on any atom is 0.328 e. The van der Waals surface area contributed by atoms with Gasteiger partial charge in [0.1, 0.15) is 0 Å². The number of carbonyl (C=O) groups excluding carboxylic acids is 1. The van der Waals surface area contributed by atoms with E-state index in [1.165, 1.54) is 7.11 Å². The molecular formula is C11H18N4O4. The van der Waals surface area contributed by atoms with Crippen molar-refractivity contribution in [3.63, 3.8) is 0 Å². The first-order valence-electron chi connectivity index (χ1n) is 5.87. The summed E-state index contributed by atoms with van der Waals surface area (Å²) in [6.07, 6.45) is 4.22. The van der Waals surface area contributed by atoms with Crippen molar-refractivity contribution in [1.29, 1.82) is 0 Å². The van der Waals surface area contributed by atoms with Crippen molar-refractivity contribution in [2.45, 2.75) is 19.0 Å². The topological polar surface area (TPSA) is 105 Å². The number of amides is 2. The molecule has 106 valence electrons. The second-order valence-corrected chi connectivity index (χ2v) is 3.87. The van der Waals surface area contributed by atoms with Crippen LogP contribution in [0.3, 0.4) is 0 Å².